The summed E-state index contributed by atoms with van der Waals surface area (Å²) in [6, 6.07) is 0. The first-order valence-corrected chi connectivity index (χ1v) is 6.78. The minimum absolute atomic E-state index is 0.00764. The van der Waals surface area contributed by atoms with Crippen LogP contribution in [0.1, 0.15) is 20.8 Å². The predicted octanol–water partition coefficient (Wildman–Crippen LogP) is 0.300. The van der Waals surface area contributed by atoms with Gasteiger partial charge in [-0.15, -0.1) is 0 Å². The van der Waals surface area contributed by atoms with Crippen LogP contribution in [0, 0.1) is 0 Å². The number of carbonyl (C=O) groups excluding carboxylic acids is 1. The van der Waals surface area contributed by atoms with Gasteiger partial charge in [-0.2, -0.15) is 0 Å². The van der Waals surface area contributed by atoms with Gasteiger partial charge in [-0.3, -0.25) is 4.90 Å². The molecular weight excluding hydrogens is 248 g/mol. The second-order valence-electron chi connectivity index (χ2n) is 6.32. The fraction of sp³-hybridized carbons (Fsp3) is 0.923. The highest BCUT2D eigenvalue weighted by Gasteiger charge is 2.45. The van der Waals surface area contributed by atoms with E-state index in [1.54, 1.807) is 4.90 Å². The third kappa shape index (κ3) is 3.19. The second kappa shape index (κ2) is 5.26. The van der Waals surface area contributed by atoms with Crippen molar-refractivity contribution in [1.82, 2.24) is 9.80 Å². The Morgan fingerprint density at radius 1 is 1.37 bits per heavy atom. The predicted molar refractivity (Wildman–Crippen MR) is 70.0 cm³/mol. The largest absolute Gasteiger partial charge is 0.444 e. The van der Waals surface area contributed by atoms with E-state index in [0.29, 0.717) is 26.3 Å². The van der Waals surface area contributed by atoms with Crippen molar-refractivity contribution in [2.45, 2.75) is 31.9 Å². The summed E-state index contributed by atoms with van der Waals surface area (Å²) in [5.41, 5.74) is -0.961. The Morgan fingerprint density at radius 3 is 2.74 bits per heavy atom. The molecule has 0 spiro atoms. The lowest BCUT2D eigenvalue weighted by molar-refractivity contribution is -0.124. The number of nitrogens with zero attached hydrogens (tertiary/aromatic N) is 2. The fourth-order valence-corrected chi connectivity index (χ4v) is 2.61. The molecule has 0 saturated carbocycles. The topological polar surface area (TPSA) is 62.2 Å². The van der Waals surface area contributed by atoms with Crippen molar-refractivity contribution in [3.63, 3.8) is 0 Å². The molecule has 2 rings (SSSR count). The monoisotopic (exact) mass is 272 g/mol. The fourth-order valence-electron chi connectivity index (χ4n) is 2.61. The highest BCUT2D eigenvalue weighted by Crippen LogP contribution is 2.26. The highest BCUT2D eigenvalue weighted by molar-refractivity contribution is 5.68. The third-order valence-corrected chi connectivity index (χ3v) is 3.62. The molecule has 0 bridgehead atoms. The van der Waals surface area contributed by atoms with E-state index in [1.807, 2.05) is 20.8 Å². The van der Waals surface area contributed by atoms with Crippen LogP contribution in [0.3, 0.4) is 0 Å². The van der Waals surface area contributed by atoms with Crippen LogP contribution in [-0.2, 0) is 9.47 Å². The molecule has 6 nitrogen and oxygen atoms in total. The maximum atomic E-state index is 12.1. The molecule has 0 radical (unpaired) electrons. The summed E-state index contributed by atoms with van der Waals surface area (Å²) in [4.78, 5) is 16.0. The number of carbonyl (C=O) groups is 1. The van der Waals surface area contributed by atoms with Crippen LogP contribution in [0.5, 0.6) is 0 Å². The summed E-state index contributed by atoms with van der Waals surface area (Å²) in [6.07, 6.45) is -0.314. The van der Waals surface area contributed by atoms with E-state index < -0.39 is 11.1 Å². The van der Waals surface area contributed by atoms with Gasteiger partial charge in [0.15, 0.2) is 0 Å². The summed E-state index contributed by atoms with van der Waals surface area (Å²) in [5, 5.41) is 9.71. The lowest BCUT2D eigenvalue weighted by Crippen LogP contribution is -2.69. The van der Waals surface area contributed by atoms with Gasteiger partial charge in [0.2, 0.25) is 0 Å². The number of fused-ring (bicyclic) bond motifs is 1. The first-order chi connectivity index (χ1) is 8.86. The molecule has 0 aliphatic carbocycles. The average molecular weight is 272 g/mol. The van der Waals surface area contributed by atoms with Crippen LogP contribution in [-0.4, -0.2) is 78.1 Å². The molecule has 2 aliphatic rings. The zero-order chi connectivity index (χ0) is 14.1. The maximum absolute atomic E-state index is 12.1. The normalized spacial score (nSPS) is 28.9. The van der Waals surface area contributed by atoms with Crippen LogP contribution in [0.2, 0.25) is 0 Å². The lowest BCUT2D eigenvalue weighted by atomic mass is 9.94. The molecule has 2 saturated heterocycles. The number of morpholine rings is 1. The Hall–Kier alpha value is -0.850. The van der Waals surface area contributed by atoms with Crippen LogP contribution < -0.4 is 0 Å². The summed E-state index contributed by atoms with van der Waals surface area (Å²) >= 11 is 0. The Morgan fingerprint density at radius 2 is 2.11 bits per heavy atom. The molecule has 1 amide bonds. The van der Waals surface area contributed by atoms with Gasteiger partial charge in [-0.05, 0) is 20.8 Å². The van der Waals surface area contributed by atoms with Crippen molar-refractivity contribution in [3.8, 4) is 0 Å². The van der Waals surface area contributed by atoms with E-state index in [1.165, 1.54) is 0 Å². The Bertz CT molecular complexity index is 342. The number of aliphatic hydroxyl groups is 1. The smallest absolute Gasteiger partial charge is 0.410 e. The van der Waals surface area contributed by atoms with Crippen LogP contribution in [0.25, 0.3) is 0 Å². The van der Waals surface area contributed by atoms with Gasteiger partial charge in [0.05, 0.1) is 25.4 Å². The Balaban J connectivity index is 2.04. The summed E-state index contributed by atoms with van der Waals surface area (Å²) in [6.45, 7) is 9.36. The van der Waals surface area contributed by atoms with E-state index >= 15 is 0 Å². The number of piperazine rings is 1. The number of rotatable bonds is 1. The molecule has 0 aromatic rings. The molecule has 0 aromatic heterocycles. The number of ether oxygens (including phenoxy) is 2. The zero-order valence-corrected chi connectivity index (χ0v) is 12.0. The number of hydrogen-bond donors (Lipinski definition) is 1. The second-order valence-corrected chi connectivity index (χ2v) is 6.32. The first-order valence-electron chi connectivity index (χ1n) is 6.78. The number of aliphatic hydroxyl groups excluding tert-OH is 1. The molecular formula is C13H24N2O4. The summed E-state index contributed by atoms with van der Waals surface area (Å²) in [5.74, 6) is 0. The van der Waals surface area contributed by atoms with Gasteiger partial charge < -0.3 is 19.5 Å². The molecule has 2 heterocycles. The van der Waals surface area contributed by atoms with Crippen molar-refractivity contribution >= 4 is 6.09 Å². The summed E-state index contributed by atoms with van der Waals surface area (Å²) < 4.78 is 10.9. The first kappa shape index (κ1) is 14.6. The van der Waals surface area contributed by atoms with E-state index in [4.69, 9.17) is 9.47 Å². The standard InChI is InChI=1S/C13H24N2O4/c1-12(2,3)19-11(17)14-4-5-15-6-7-18-10-13(15,8-14)9-16/h16H,4-10H2,1-3H3. The van der Waals surface area contributed by atoms with Gasteiger partial charge in [0.25, 0.3) is 0 Å². The summed E-state index contributed by atoms with van der Waals surface area (Å²) in [7, 11) is 0. The molecule has 1 N–H and O–H groups in total. The molecule has 1 unspecified atom stereocenters. The van der Waals surface area contributed by atoms with Crippen molar-refractivity contribution in [1.29, 1.82) is 0 Å². The van der Waals surface area contributed by atoms with E-state index in [2.05, 4.69) is 4.90 Å². The molecule has 0 aromatic carbocycles. The molecule has 1 atom stereocenters. The van der Waals surface area contributed by atoms with Crippen molar-refractivity contribution in [3.05, 3.63) is 0 Å². The van der Waals surface area contributed by atoms with E-state index in [0.717, 1.165) is 13.1 Å². The molecule has 2 aliphatic heterocycles. The molecule has 110 valence electrons. The lowest BCUT2D eigenvalue weighted by Gasteiger charge is -2.51. The quantitative estimate of drug-likeness (QED) is 0.744. The minimum Gasteiger partial charge on any atom is -0.444 e. The molecule has 6 heteroatoms. The Kier molecular flexibility index (Phi) is 4.03. The van der Waals surface area contributed by atoms with Crippen molar-refractivity contribution in [2.75, 3.05) is 46.0 Å². The third-order valence-electron chi connectivity index (χ3n) is 3.62. The Labute approximate surface area is 114 Å². The average Bonchev–Trinajstić information content (AvgIpc) is 2.36. The van der Waals surface area contributed by atoms with Crippen LogP contribution >= 0.6 is 0 Å². The van der Waals surface area contributed by atoms with Crippen molar-refractivity contribution < 1.29 is 19.4 Å². The SMILES string of the molecule is CC(C)(C)OC(=O)N1CCN2CCOCC2(CO)C1. The van der Waals surface area contributed by atoms with E-state index in [9.17, 15) is 9.90 Å². The van der Waals surface area contributed by atoms with Crippen molar-refractivity contribution in [2.24, 2.45) is 0 Å². The van der Waals surface area contributed by atoms with Crippen LogP contribution in [0.15, 0.2) is 0 Å². The van der Waals surface area contributed by atoms with Gasteiger partial charge in [-0.1, -0.05) is 0 Å². The zero-order valence-electron chi connectivity index (χ0n) is 12.0. The molecule has 19 heavy (non-hydrogen) atoms. The van der Waals surface area contributed by atoms with E-state index in [-0.39, 0.29) is 12.7 Å². The number of amides is 1. The van der Waals surface area contributed by atoms with Gasteiger partial charge in [0.1, 0.15) is 5.60 Å². The van der Waals surface area contributed by atoms with Gasteiger partial charge in [-0.25, -0.2) is 4.79 Å². The van der Waals surface area contributed by atoms with Gasteiger partial charge in [0, 0.05) is 26.2 Å². The van der Waals surface area contributed by atoms with Gasteiger partial charge >= 0.3 is 6.09 Å². The maximum Gasteiger partial charge on any atom is 0.410 e. The van der Waals surface area contributed by atoms with Crippen LogP contribution in [0.4, 0.5) is 4.79 Å². The number of hydrogen-bond acceptors (Lipinski definition) is 5. The molecule has 2 fully saturated rings. The highest BCUT2D eigenvalue weighted by atomic mass is 16.6. The minimum atomic E-state index is -0.496.